The van der Waals surface area contributed by atoms with Crippen LogP contribution in [0, 0.1) is 13.8 Å². The van der Waals surface area contributed by atoms with Crippen molar-refractivity contribution in [2.45, 2.75) is 13.8 Å². The normalized spacial score (nSPS) is 8.84. The molecule has 2 aromatic rings. The van der Waals surface area contributed by atoms with E-state index in [1.54, 1.807) is 24.3 Å². The number of benzene rings is 2. The molecule has 0 heterocycles. The zero-order valence-electron chi connectivity index (χ0n) is 10.6. The van der Waals surface area contributed by atoms with Gasteiger partial charge in [0.1, 0.15) is 0 Å². The Morgan fingerprint density at radius 3 is 1.63 bits per heavy atom. The summed E-state index contributed by atoms with van der Waals surface area (Å²) in [6, 6.07) is 15.0. The van der Waals surface area contributed by atoms with Crippen molar-refractivity contribution in [2.75, 3.05) is 0 Å². The molecule has 4 heteroatoms. The van der Waals surface area contributed by atoms with Crippen molar-refractivity contribution in [3.63, 3.8) is 0 Å². The number of carbonyl (C=O) groups is 1. The van der Waals surface area contributed by atoms with E-state index in [2.05, 4.69) is 38.1 Å². The molecule has 0 aliphatic carbocycles. The maximum atomic E-state index is 10.5. The molecule has 0 aliphatic rings. The zero-order chi connectivity index (χ0) is 13.5. The van der Waals surface area contributed by atoms with Crippen LogP contribution in [0.5, 0.6) is 0 Å². The Morgan fingerprint density at radius 1 is 0.895 bits per heavy atom. The average Bonchev–Trinajstić information content (AvgIpc) is 2.34. The SMILES string of the molecule is Cc1ccccc1C.O=C(Cl)c1ccccc1Cl.[Fe]. The predicted octanol–water partition coefficient (Wildman–Crippen LogP) is 5.02. The van der Waals surface area contributed by atoms with E-state index in [4.69, 9.17) is 23.2 Å². The number of carbonyl (C=O) groups excluding carboxylic acids is 1. The van der Waals surface area contributed by atoms with Gasteiger partial charge in [-0.3, -0.25) is 4.79 Å². The molecule has 102 valence electrons. The predicted molar refractivity (Wildman–Crippen MR) is 77.6 cm³/mol. The van der Waals surface area contributed by atoms with Crippen molar-refractivity contribution in [3.8, 4) is 0 Å². The first-order valence-electron chi connectivity index (χ1n) is 5.49. The first kappa shape index (κ1) is 18.2. The van der Waals surface area contributed by atoms with Crippen molar-refractivity contribution < 1.29 is 21.9 Å². The number of hydrogen-bond donors (Lipinski definition) is 0. The average molecular weight is 337 g/mol. The molecule has 0 aliphatic heterocycles. The molecule has 0 spiro atoms. The summed E-state index contributed by atoms with van der Waals surface area (Å²) in [6.45, 7) is 4.24. The summed E-state index contributed by atoms with van der Waals surface area (Å²) in [4.78, 5) is 10.5. The Hall–Kier alpha value is -0.791. The first-order chi connectivity index (χ1) is 8.52. The van der Waals surface area contributed by atoms with E-state index in [9.17, 15) is 4.79 Å². The summed E-state index contributed by atoms with van der Waals surface area (Å²) < 4.78 is 0. The van der Waals surface area contributed by atoms with Gasteiger partial charge < -0.3 is 0 Å². The third kappa shape index (κ3) is 6.26. The molecule has 19 heavy (non-hydrogen) atoms. The number of hydrogen-bond acceptors (Lipinski definition) is 1. The quantitative estimate of drug-likeness (QED) is 0.528. The summed E-state index contributed by atoms with van der Waals surface area (Å²) >= 11 is 10.8. The molecule has 0 aromatic heterocycles. The van der Waals surface area contributed by atoms with Crippen molar-refractivity contribution in [2.24, 2.45) is 0 Å². The van der Waals surface area contributed by atoms with Crippen molar-refractivity contribution >= 4 is 28.4 Å². The van der Waals surface area contributed by atoms with Crippen LogP contribution in [0.1, 0.15) is 21.5 Å². The summed E-state index contributed by atoms with van der Waals surface area (Å²) in [5, 5.41) is -0.131. The molecule has 0 unspecified atom stereocenters. The molecule has 0 bridgehead atoms. The van der Waals surface area contributed by atoms with E-state index < -0.39 is 5.24 Å². The van der Waals surface area contributed by atoms with Gasteiger partial charge in [-0.05, 0) is 48.7 Å². The fourth-order valence-electron chi connectivity index (χ4n) is 1.28. The minimum atomic E-state index is -0.523. The molecule has 1 nitrogen and oxygen atoms in total. The maximum Gasteiger partial charge on any atom is 0.253 e. The van der Waals surface area contributed by atoms with Gasteiger partial charge in [-0.2, -0.15) is 0 Å². The molecular formula is C15H14Cl2FeO. The van der Waals surface area contributed by atoms with E-state index in [-0.39, 0.29) is 17.1 Å². The van der Waals surface area contributed by atoms with Gasteiger partial charge >= 0.3 is 0 Å². The second kappa shape index (κ2) is 9.17. The molecular weight excluding hydrogens is 323 g/mol. The van der Waals surface area contributed by atoms with Gasteiger partial charge in [0.15, 0.2) is 0 Å². The fraction of sp³-hybridized carbons (Fsp3) is 0.133. The Balaban J connectivity index is 0.000000331. The smallest absolute Gasteiger partial charge is 0.253 e. The standard InChI is InChI=1S/C8H10.C7H4Cl2O.Fe/c1-7-5-3-4-6-8(7)2;8-6-4-2-1-3-5(6)7(9)10;/h3-6H,1-2H3;1-4H;. The monoisotopic (exact) mass is 336 g/mol. The van der Waals surface area contributed by atoms with Gasteiger partial charge in [0, 0.05) is 17.1 Å². The molecule has 0 atom stereocenters. The fourth-order valence-corrected chi connectivity index (χ4v) is 1.72. The van der Waals surface area contributed by atoms with Crippen LogP contribution in [0.25, 0.3) is 0 Å². The number of rotatable bonds is 1. The van der Waals surface area contributed by atoms with Crippen LogP contribution in [0.3, 0.4) is 0 Å². The topological polar surface area (TPSA) is 17.1 Å². The minimum absolute atomic E-state index is 0. The molecule has 0 radical (unpaired) electrons. The van der Waals surface area contributed by atoms with Crippen molar-refractivity contribution in [1.29, 1.82) is 0 Å². The summed E-state index contributed by atoms with van der Waals surface area (Å²) in [5.41, 5.74) is 3.09. The van der Waals surface area contributed by atoms with Crippen molar-refractivity contribution in [3.05, 3.63) is 70.2 Å². The molecule has 2 rings (SSSR count). The van der Waals surface area contributed by atoms with Gasteiger partial charge in [-0.1, -0.05) is 48.0 Å². The van der Waals surface area contributed by atoms with Crippen LogP contribution in [-0.2, 0) is 17.1 Å². The van der Waals surface area contributed by atoms with Gasteiger partial charge in [-0.15, -0.1) is 0 Å². The summed E-state index contributed by atoms with van der Waals surface area (Å²) in [5.74, 6) is 0. The second-order valence-electron chi connectivity index (χ2n) is 3.84. The van der Waals surface area contributed by atoms with Crippen LogP contribution in [0.4, 0.5) is 0 Å². The second-order valence-corrected chi connectivity index (χ2v) is 4.59. The Bertz CT molecular complexity index is 520. The van der Waals surface area contributed by atoms with Crippen molar-refractivity contribution in [1.82, 2.24) is 0 Å². The Morgan fingerprint density at radius 2 is 1.32 bits per heavy atom. The summed E-state index contributed by atoms with van der Waals surface area (Å²) in [6.07, 6.45) is 0. The molecule has 2 aromatic carbocycles. The number of halogens is 2. The third-order valence-electron chi connectivity index (χ3n) is 2.51. The summed E-state index contributed by atoms with van der Waals surface area (Å²) in [7, 11) is 0. The van der Waals surface area contributed by atoms with E-state index in [1.807, 2.05) is 0 Å². The zero-order valence-corrected chi connectivity index (χ0v) is 13.3. The van der Waals surface area contributed by atoms with E-state index in [1.165, 1.54) is 11.1 Å². The maximum absolute atomic E-state index is 10.5. The van der Waals surface area contributed by atoms with E-state index in [0.29, 0.717) is 10.6 Å². The molecule has 0 fully saturated rings. The Labute approximate surface area is 134 Å². The largest absolute Gasteiger partial charge is 0.276 e. The number of aryl methyl sites for hydroxylation is 2. The Kier molecular flexibility index (Phi) is 8.79. The van der Waals surface area contributed by atoms with Crippen LogP contribution in [0.2, 0.25) is 5.02 Å². The van der Waals surface area contributed by atoms with Crippen LogP contribution in [-0.4, -0.2) is 5.24 Å². The molecule has 0 amide bonds. The van der Waals surface area contributed by atoms with Crippen LogP contribution in [0.15, 0.2) is 48.5 Å². The van der Waals surface area contributed by atoms with Crippen LogP contribution < -0.4 is 0 Å². The minimum Gasteiger partial charge on any atom is -0.276 e. The van der Waals surface area contributed by atoms with E-state index >= 15 is 0 Å². The molecule has 0 saturated carbocycles. The van der Waals surface area contributed by atoms with E-state index in [0.717, 1.165) is 0 Å². The molecule has 0 saturated heterocycles. The third-order valence-corrected chi connectivity index (χ3v) is 3.04. The van der Waals surface area contributed by atoms with Gasteiger partial charge in [0.2, 0.25) is 0 Å². The van der Waals surface area contributed by atoms with Gasteiger partial charge in [0.25, 0.3) is 5.24 Å². The molecule has 0 N–H and O–H groups in total. The first-order valence-corrected chi connectivity index (χ1v) is 6.24. The van der Waals surface area contributed by atoms with Crippen LogP contribution >= 0.6 is 23.2 Å². The van der Waals surface area contributed by atoms with Gasteiger partial charge in [0.05, 0.1) is 10.6 Å². The van der Waals surface area contributed by atoms with Gasteiger partial charge in [-0.25, -0.2) is 0 Å².